The van der Waals surface area contributed by atoms with E-state index >= 15 is 0 Å². The number of benzene rings is 1. The number of hydrogen-bond donors (Lipinski definition) is 2. The van der Waals surface area contributed by atoms with E-state index in [1.54, 1.807) is 11.7 Å². The largest absolute Gasteiger partial charge is 0.395 e. The summed E-state index contributed by atoms with van der Waals surface area (Å²) < 4.78 is 1.65. The maximum absolute atomic E-state index is 12.4. The molecule has 0 unspecified atom stereocenters. The topological polar surface area (TPSA) is 78.6 Å². The van der Waals surface area contributed by atoms with Crippen molar-refractivity contribution in [2.45, 2.75) is 0 Å². The third-order valence-corrected chi connectivity index (χ3v) is 2.99. The van der Waals surface area contributed by atoms with Crippen molar-refractivity contribution in [3.63, 3.8) is 0 Å². The lowest BCUT2D eigenvalue weighted by molar-refractivity contribution is 0.0680. The van der Waals surface area contributed by atoms with Gasteiger partial charge in [0, 0.05) is 25.5 Å². The lowest BCUT2D eigenvalue weighted by atomic mass is 10.2. The van der Waals surface area contributed by atoms with E-state index in [9.17, 15) is 4.79 Å². The molecule has 0 aliphatic rings. The number of carbonyl (C=O) groups excluding carboxylic acids is 1. The molecule has 0 bridgehead atoms. The third-order valence-electron chi connectivity index (χ3n) is 2.99. The average Bonchev–Trinajstić information content (AvgIpc) is 2.76. The van der Waals surface area contributed by atoms with E-state index in [0.717, 1.165) is 10.9 Å². The van der Waals surface area contributed by atoms with Crippen LogP contribution in [0.3, 0.4) is 0 Å². The Bertz CT molecular complexity index is 574. The highest BCUT2D eigenvalue weighted by Crippen LogP contribution is 2.18. The number of aliphatic hydroxyl groups excluding tert-OH is 2. The Labute approximate surface area is 110 Å². The van der Waals surface area contributed by atoms with Crippen molar-refractivity contribution in [1.82, 2.24) is 14.7 Å². The van der Waals surface area contributed by atoms with Gasteiger partial charge in [-0.3, -0.25) is 9.48 Å². The van der Waals surface area contributed by atoms with E-state index in [2.05, 4.69) is 5.10 Å². The molecule has 1 aromatic heterocycles. The molecule has 1 heterocycles. The number of para-hydroxylation sites is 1. The van der Waals surface area contributed by atoms with Crippen LogP contribution >= 0.6 is 0 Å². The summed E-state index contributed by atoms with van der Waals surface area (Å²) in [5.74, 6) is -0.278. The smallest absolute Gasteiger partial charge is 0.275 e. The van der Waals surface area contributed by atoms with Gasteiger partial charge in [-0.1, -0.05) is 18.2 Å². The molecule has 1 amide bonds. The molecule has 0 spiro atoms. The minimum absolute atomic E-state index is 0.142. The molecule has 102 valence electrons. The standard InChI is InChI=1S/C13H17N3O3/c1-15-11-5-3-2-4-10(11)12(14-15)13(19)16(6-8-17)7-9-18/h2-5,17-18H,6-9H2,1H3. The van der Waals surface area contributed by atoms with Crippen molar-refractivity contribution in [3.05, 3.63) is 30.0 Å². The Morgan fingerprint density at radius 3 is 2.53 bits per heavy atom. The van der Waals surface area contributed by atoms with E-state index in [4.69, 9.17) is 10.2 Å². The number of hydrogen-bond acceptors (Lipinski definition) is 4. The summed E-state index contributed by atoms with van der Waals surface area (Å²) in [6.45, 7) is 0.0849. The number of nitrogens with zero attached hydrogens (tertiary/aromatic N) is 3. The van der Waals surface area contributed by atoms with E-state index in [0.29, 0.717) is 5.69 Å². The van der Waals surface area contributed by atoms with Gasteiger partial charge in [0.2, 0.25) is 0 Å². The number of fused-ring (bicyclic) bond motifs is 1. The van der Waals surface area contributed by atoms with Crippen molar-refractivity contribution in [2.24, 2.45) is 7.05 Å². The summed E-state index contributed by atoms with van der Waals surface area (Å²) >= 11 is 0. The summed E-state index contributed by atoms with van der Waals surface area (Å²) in [6.07, 6.45) is 0. The van der Waals surface area contributed by atoms with Gasteiger partial charge < -0.3 is 15.1 Å². The first-order chi connectivity index (χ1) is 9.19. The third kappa shape index (κ3) is 2.59. The van der Waals surface area contributed by atoms with Gasteiger partial charge in [-0.2, -0.15) is 5.10 Å². The summed E-state index contributed by atoms with van der Waals surface area (Å²) in [5, 5.41) is 23.0. The van der Waals surface area contributed by atoms with E-state index in [-0.39, 0.29) is 32.2 Å². The first-order valence-corrected chi connectivity index (χ1v) is 6.11. The van der Waals surface area contributed by atoms with Crippen LogP contribution in [-0.2, 0) is 7.05 Å². The zero-order valence-electron chi connectivity index (χ0n) is 10.8. The average molecular weight is 263 g/mol. The molecule has 0 saturated carbocycles. The first-order valence-electron chi connectivity index (χ1n) is 6.11. The lowest BCUT2D eigenvalue weighted by Crippen LogP contribution is -2.36. The van der Waals surface area contributed by atoms with Gasteiger partial charge in [-0.25, -0.2) is 0 Å². The zero-order valence-corrected chi connectivity index (χ0v) is 10.8. The first kappa shape index (κ1) is 13.5. The van der Waals surface area contributed by atoms with Crippen LogP contribution in [0.5, 0.6) is 0 Å². The molecule has 0 aliphatic heterocycles. The Morgan fingerprint density at radius 2 is 1.89 bits per heavy atom. The van der Waals surface area contributed by atoms with Gasteiger partial charge in [-0.15, -0.1) is 0 Å². The molecule has 0 fully saturated rings. The predicted molar refractivity (Wildman–Crippen MR) is 70.8 cm³/mol. The van der Waals surface area contributed by atoms with Gasteiger partial charge in [-0.05, 0) is 6.07 Å². The molecule has 2 N–H and O–H groups in total. The SMILES string of the molecule is Cn1nc(C(=O)N(CCO)CCO)c2ccccc21. The van der Waals surface area contributed by atoms with Gasteiger partial charge >= 0.3 is 0 Å². The van der Waals surface area contributed by atoms with Gasteiger partial charge in [0.25, 0.3) is 5.91 Å². The molecule has 19 heavy (non-hydrogen) atoms. The Morgan fingerprint density at radius 1 is 1.26 bits per heavy atom. The summed E-state index contributed by atoms with van der Waals surface area (Å²) in [4.78, 5) is 13.8. The highest BCUT2D eigenvalue weighted by Gasteiger charge is 2.21. The minimum Gasteiger partial charge on any atom is -0.395 e. The highest BCUT2D eigenvalue weighted by atomic mass is 16.3. The quantitative estimate of drug-likeness (QED) is 0.796. The number of aryl methyl sites for hydroxylation is 1. The van der Waals surface area contributed by atoms with Gasteiger partial charge in [0.05, 0.1) is 18.7 Å². The molecule has 2 aromatic rings. The van der Waals surface area contributed by atoms with Crippen LogP contribution in [0.1, 0.15) is 10.5 Å². The van der Waals surface area contributed by atoms with E-state index in [1.807, 2.05) is 24.3 Å². The van der Waals surface area contributed by atoms with Crippen molar-refractivity contribution in [2.75, 3.05) is 26.3 Å². The Balaban J connectivity index is 2.40. The van der Waals surface area contributed by atoms with Crippen LogP contribution in [0.4, 0.5) is 0 Å². The summed E-state index contributed by atoms with van der Waals surface area (Å²) in [5.41, 5.74) is 1.22. The number of carbonyl (C=O) groups is 1. The predicted octanol–water partition coefficient (Wildman–Crippen LogP) is 0.000100. The van der Waals surface area contributed by atoms with Crippen molar-refractivity contribution in [1.29, 1.82) is 0 Å². The summed E-state index contributed by atoms with van der Waals surface area (Å²) in [7, 11) is 1.78. The molecule has 2 rings (SSSR count). The second-order valence-electron chi connectivity index (χ2n) is 4.23. The Kier molecular flexibility index (Phi) is 4.13. The van der Waals surface area contributed by atoms with Crippen LogP contribution in [0, 0.1) is 0 Å². The Hall–Kier alpha value is -1.92. The molecule has 0 saturated heterocycles. The van der Waals surface area contributed by atoms with Gasteiger partial charge in [0.15, 0.2) is 5.69 Å². The van der Waals surface area contributed by atoms with Gasteiger partial charge in [0.1, 0.15) is 0 Å². The molecule has 0 aliphatic carbocycles. The minimum atomic E-state index is -0.278. The maximum Gasteiger partial charge on any atom is 0.275 e. The molecular weight excluding hydrogens is 246 g/mol. The van der Waals surface area contributed by atoms with Crippen LogP contribution in [-0.4, -0.2) is 57.1 Å². The molecule has 6 nitrogen and oxygen atoms in total. The van der Waals surface area contributed by atoms with Crippen LogP contribution in [0.2, 0.25) is 0 Å². The normalized spacial score (nSPS) is 10.9. The van der Waals surface area contributed by atoms with Crippen molar-refractivity contribution < 1.29 is 15.0 Å². The van der Waals surface area contributed by atoms with Crippen molar-refractivity contribution >= 4 is 16.8 Å². The van der Waals surface area contributed by atoms with Crippen molar-refractivity contribution in [3.8, 4) is 0 Å². The fraction of sp³-hybridized carbons (Fsp3) is 0.385. The number of aliphatic hydroxyl groups is 2. The second kappa shape index (κ2) is 5.81. The van der Waals surface area contributed by atoms with Crippen LogP contribution < -0.4 is 0 Å². The molecule has 0 radical (unpaired) electrons. The maximum atomic E-state index is 12.4. The van der Waals surface area contributed by atoms with E-state index < -0.39 is 0 Å². The number of rotatable bonds is 5. The van der Waals surface area contributed by atoms with Crippen LogP contribution in [0.15, 0.2) is 24.3 Å². The zero-order chi connectivity index (χ0) is 13.8. The number of aromatic nitrogens is 2. The molecule has 6 heteroatoms. The lowest BCUT2D eigenvalue weighted by Gasteiger charge is -2.19. The fourth-order valence-corrected chi connectivity index (χ4v) is 2.08. The van der Waals surface area contributed by atoms with Crippen LogP contribution in [0.25, 0.3) is 10.9 Å². The molecular formula is C13H17N3O3. The highest BCUT2D eigenvalue weighted by molar-refractivity contribution is 6.04. The summed E-state index contributed by atoms with van der Waals surface area (Å²) in [6, 6.07) is 7.47. The van der Waals surface area contributed by atoms with E-state index in [1.165, 1.54) is 4.90 Å². The molecule has 1 aromatic carbocycles. The monoisotopic (exact) mass is 263 g/mol. The molecule has 0 atom stereocenters. The number of amides is 1. The fourth-order valence-electron chi connectivity index (χ4n) is 2.08. The second-order valence-corrected chi connectivity index (χ2v) is 4.23.